The Hall–Kier alpha value is -3.12. The molecule has 0 amide bonds. The van der Waals surface area contributed by atoms with E-state index in [1.807, 2.05) is 32.3 Å². The molecule has 4 aromatic rings. The van der Waals surface area contributed by atoms with Crippen LogP contribution in [0.3, 0.4) is 0 Å². The first kappa shape index (κ1) is 20.2. The van der Waals surface area contributed by atoms with Gasteiger partial charge < -0.3 is 19.9 Å². The van der Waals surface area contributed by atoms with E-state index in [-0.39, 0.29) is 0 Å². The highest BCUT2D eigenvalue weighted by molar-refractivity contribution is 6.07. The molecule has 0 saturated heterocycles. The van der Waals surface area contributed by atoms with E-state index in [1.54, 1.807) is 7.11 Å². The number of benzene rings is 2. The van der Waals surface area contributed by atoms with E-state index >= 15 is 0 Å². The summed E-state index contributed by atoms with van der Waals surface area (Å²) in [6.07, 6.45) is 2.98. The number of aromatic nitrogens is 3. The van der Waals surface area contributed by atoms with Gasteiger partial charge in [0.15, 0.2) is 5.82 Å². The van der Waals surface area contributed by atoms with Crippen molar-refractivity contribution >= 4 is 27.8 Å². The summed E-state index contributed by atoms with van der Waals surface area (Å²) in [5.74, 6) is 2.76. The maximum atomic E-state index is 5.30. The first-order valence-corrected chi connectivity index (χ1v) is 10.5. The molecule has 30 heavy (non-hydrogen) atoms. The molecule has 2 N–H and O–H groups in total. The lowest BCUT2D eigenvalue weighted by atomic mass is 10.1. The van der Waals surface area contributed by atoms with Gasteiger partial charge in [-0.2, -0.15) is 0 Å². The number of hydrogen-bond acceptors (Lipinski definition) is 5. The van der Waals surface area contributed by atoms with E-state index in [2.05, 4.69) is 45.5 Å². The lowest BCUT2D eigenvalue weighted by Gasteiger charge is -2.12. The molecular formula is C24H29N5O. The van der Waals surface area contributed by atoms with Crippen molar-refractivity contribution in [3.8, 4) is 5.75 Å². The van der Waals surface area contributed by atoms with Gasteiger partial charge in [0.25, 0.3) is 0 Å². The molecule has 0 saturated carbocycles. The van der Waals surface area contributed by atoms with E-state index in [1.165, 1.54) is 5.56 Å². The second kappa shape index (κ2) is 9.13. The third kappa shape index (κ3) is 3.96. The van der Waals surface area contributed by atoms with E-state index in [0.717, 1.165) is 71.7 Å². The second-order valence-corrected chi connectivity index (χ2v) is 7.44. The number of aryl methyl sites for hydroxylation is 1. The molecule has 6 heteroatoms. The number of nitrogens with zero attached hydrogens (tertiary/aromatic N) is 3. The number of imidazole rings is 1. The van der Waals surface area contributed by atoms with Crippen molar-refractivity contribution in [1.29, 1.82) is 0 Å². The first-order valence-electron chi connectivity index (χ1n) is 10.5. The average molecular weight is 404 g/mol. The van der Waals surface area contributed by atoms with Crippen molar-refractivity contribution in [3.63, 3.8) is 0 Å². The fraction of sp³-hybridized carbons (Fsp3) is 0.333. The van der Waals surface area contributed by atoms with Gasteiger partial charge in [-0.25, -0.2) is 9.97 Å². The maximum absolute atomic E-state index is 5.30. The molecule has 0 radical (unpaired) electrons. The van der Waals surface area contributed by atoms with Crippen LogP contribution in [0.15, 0.2) is 48.5 Å². The molecule has 2 heterocycles. The fourth-order valence-corrected chi connectivity index (χ4v) is 3.93. The molecule has 0 spiro atoms. The largest absolute Gasteiger partial charge is 0.497 e. The van der Waals surface area contributed by atoms with Gasteiger partial charge in [-0.3, -0.25) is 0 Å². The van der Waals surface area contributed by atoms with Gasteiger partial charge in [0.05, 0.1) is 18.1 Å². The van der Waals surface area contributed by atoms with E-state index in [4.69, 9.17) is 14.7 Å². The molecule has 0 bridgehead atoms. The quantitative estimate of drug-likeness (QED) is 0.410. The van der Waals surface area contributed by atoms with Crippen LogP contribution in [-0.2, 0) is 13.0 Å². The van der Waals surface area contributed by atoms with Crippen LogP contribution in [0.25, 0.3) is 21.9 Å². The summed E-state index contributed by atoms with van der Waals surface area (Å²) in [6.45, 7) is 1.95. The number of anilines is 1. The average Bonchev–Trinajstić information content (AvgIpc) is 3.15. The maximum Gasteiger partial charge on any atom is 0.154 e. The number of nitrogens with one attached hydrogen (secondary N) is 2. The topological polar surface area (TPSA) is 64.0 Å². The summed E-state index contributed by atoms with van der Waals surface area (Å²) in [4.78, 5) is 9.86. The zero-order valence-electron chi connectivity index (χ0n) is 17.9. The Labute approximate surface area is 177 Å². The number of methoxy groups -OCH3 is 1. The SMILES string of the molecule is CNCCCCn1c(Cc2ccc(OC)cc2)nc2c(NC)nc3ccccc3c21. The predicted molar refractivity (Wildman–Crippen MR) is 124 cm³/mol. The van der Waals surface area contributed by atoms with Crippen molar-refractivity contribution < 1.29 is 4.74 Å². The second-order valence-electron chi connectivity index (χ2n) is 7.44. The summed E-state index contributed by atoms with van der Waals surface area (Å²) in [5, 5.41) is 7.63. The fourth-order valence-electron chi connectivity index (χ4n) is 3.93. The molecule has 6 nitrogen and oxygen atoms in total. The number of para-hydroxylation sites is 1. The first-order chi connectivity index (χ1) is 14.7. The molecule has 0 unspecified atom stereocenters. The smallest absolute Gasteiger partial charge is 0.154 e. The van der Waals surface area contributed by atoms with Gasteiger partial charge in [-0.1, -0.05) is 30.3 Å². The van der Waals surface area contributed by atoms with Gasteiger partial charge in [-0.15, -0.1) is 0 Å². The number of unbranched alkanes of at least 4 members (excludes halogenated alkanes) is 1. The zero-order valence-corrected chi connectivity index (χ0v) is 17.9. The third-order valence-electron chi connectivity index (χ3n) is 5.48. The van der Waals surface area contributed by atoms with Crippen LogP contribution in [-0.4, -0.2) is 42.3 Å². The molecule has 2 aromatic carbocycles. The lowest BCUT2D eigenvalue weighted by Crippen LogP contribution is -2.10. The Kier molecular flexibility index (Phi) is 6.14. The molecular weight excluding hydrogens is 374 g/mol. The van der Waals surface area contributed by atoms with Crippen molar-refractivity contribution in [3.05, 3.63) is 59.9 Å². The summed E-state index contributed by atoms with van der Waals surface area (Å²) in [5.41, 5.74) is 4.30. The van der Waals surface area contributed by atoms with E-state index < -0.39 is 0 Å². The summed E-state index contributed by atoms with van der Waals surface area (Å²) < 4.78 is 7.69. The van der Waals surface area contributed by atoms with Crippen molar-refractivity contribution in [2.24, 2.45) is 0 Å². The minimum Gasteiger partial charge on any atom is -0.497 e. The minimum atomic E-state index is 0.766. The summed E-state index contributed by atoms with van der Waals surface area (Å²) in [7, 11) is 5.60. The van der Waals surface area contributed by atoms with E-state index in [9.17, 15) is 0 Å². The Morgan fingerprint density at radius 1 is 0.967 bits per heavy atom. The van der Waals surface area contributed by atoms with Crippen molar-refractivity contribution in [1.82, 2.24) is 19.9 Å². The van der Waals surface area contributed by atoms with E-state index in [0.29, 0.717) is 0 Å². The van der Waals surface area contributed by atoms with Gasteiger partial charge >= 0.3 is 0 Å². The number of pyridine rings is 1. The Morgan fingerprint density at radius 3 is 2.50 bits per heavy atom. The van der Waals surface area contributed by atoms with Crippen LogP contribution >= 0.6 is 0 Å². The molecule has 0 atom stereocenters. The normalized spacial score (nSPS) is 11.3. The number of ether oxygens (including phenoxy) is 1. The highest BCUT2D eigenvalue weighted by Crippen LogP contribution is 2.31. The molecule has 4 rings (SSSR count). The number of fused-ring (bicyclic) bond motifs is 3. The van der Waals surface area contributed by atoms with Crippen LogP contribution in [0.4, 0.5) is 5.82 Å². The Bertz CT molecular complexity index is 1130. The van der Waals surface area contributed by atoms with Crippen molar-refractivity contribution in [2.45, 2.75) is 25.8 Å². The van der Waals surface area contributed by atoms with Gasteiger partial charge in [0.1, 0.15) is 17.1 Å². The molecule has 2 aromatic heterocycles. The van der Waals surface area contributed by atoms with Crippen LogP contribution in [0.5, 0.6) is 5.75 Å². The number of rotatable bonds is 9. The van der Waals surface area contributed by atoms with Gasteiger partial charge in [0, 0.05) is 25.4 Å². The molecule has 0 fully saturated rings. The van der Waals surface area contributed by atoms with Gasteiger partial charge in [-0.05, 0) is 50.2 Å². The molecule has 156 valence electrons. The standard InChI is InChI=1S/C24H29N5O/c1-25-14-6-7-15-29-21(16-17-10-12-18(30-3)13-11-17)28-22-23(29)19-8-4-5-9-20(19)27-24(22)26-2/h4-5,8-13,25H,6-7,14-16H2,1-3H3,(H,26,27). The molecule has 0 aliphatic heterocycles. The Morgan fingerprint density at radius 2 is 1.77 bits per heavy atom. The highest BCUT2D eigenvalue weighted by atomic mass is 16.5. The zero-order chi connectivity index (χ0) is 20.9. The number of hydrogen-bond donors (Lipinski definition) is 2. The molecule has 0 aliphatic carbocycles. The lowest BCUT2D eigenvalue weighted by molar-refractivity contribution is 0.414. The molecule has 0 aliphatic rings. The minimum absolute atomic E-state index is 0.766. The monoisotopic (exact) mass is 403 g/mol. The predicted octanol–water partition coefficient (Wildman–Crippen LogP) is 4.23. The van der Waals surface area contributed by atoms with Crippen LogP contribution < -0.4 is 15.4 Å². The highest BCUT2D eigenvalue weighted by Gasteiger charge is 2.18. The van der Waals surface area contributed by atoms with Crippen LogP contribution in [0.2, 0.25) is 0 Å². The Balaban J connectivity index is 1.83. The third-order valence-corrected chi connectivity index (χ3v) is 5.48. The van der Waals surface area contributed by atoms with Crippen molar-refractivity contribution in [2.75, 3.05) is 33.1 Å². The van der Waals surface area contributed by atoms with Gasteiger partial charge in [0.2, 0.25) is 0 Å². The summed E-state index contributed by atoms with van der Waals surface area (Å²) >= 11 is 0. The van der Waals surface area contributed by atoms with Crippen LogP contribution in [0, 0.1) is 0 Å². The van der Waals surface area contributed by atoms with Crippen LogP contribution in [0.1, 0.15) is 24.2 Å². The summed E-state index contributed by atoms with van der Waals surface area (Å²) in [6, 6.07) is 16.6.